The van der Waals surface area contributed by atoms with Gasteiger partial charge >= 0.3 is 0 Å². The van der Waals surface area contributed by atoms with Gasteiger partial charge in [-0.15, -0.1) is 0 Å². The van der Waals surface area contributed by atoms with Gasteiger partial charge < -0.3 is 10.4 Å². The number of rotatable bonds is 3. The molecule has 0 aliphatic rings. The molecule has 17 heavy (non-hydrogen) atoms. The topological polar surface area (TPSA) is 32.3 Å². The number of β-amino-alcohol motifs (C(OH)–C–C–N with tert-alkyl or cyclic N) is 1. The largest absolute Gasteiger partial charge is 0.384 e. The monoisotopic (exact) mass is 239 g/mol. The lowest BCUT2D eigenvalue weighted by atomic mass is 9.91. The van der Waals surface area contributed by atoms with E-state index in [-0.39, 0.29) is 11.4 Å². The van der Waals surface area contributed by atoms with Gasteiger partial charge in [0, 0.05) is 12.1 Å². The van der Waals surface area contributed by atoms with Crippen LogP contribution in [0.3, 0.4) is 0 Å². The molecule has 2 N–H and O–H groups in total. The molecule has 0 saturated heterocycles. The summed E-state index contributed by atoms with van der Waals surface area (Å²) in [7, 11) is 0. The smallest absolute Gasteiger partial charge is 0.123 e. The number of nitrogens with one attached hydrogen (secondary N) is 1. The molecule has 2 nitrogen and oxygen atoms in total. The predicted octanol–water partition coefficient (Wildman–Crippen LogP) is 2.73. The minimum Gasteiger partial charge on any atom is -0.384 e. The van der Waals surface area contributed by atoms with E-state index in [1.165, 1.54) is 12.1 Å². The van der Waals surface area contributed by atoms with Crippen LogP contribution in [0.15, 0.2) is 18.2 Å². The Balaban J connectivity index is 2.89. The Kier molecular flexibility index (Phi) is 3.95. The predicted molar refractivity (Wildman–Crippen MR) is 68.5 cm³/mol. The Bertz CT molecular complexity index is 394. The fraction of sp³-hybridized carbons (Fsp3) is 0.571. The Hall–Kier alpha value is -0.930. The van der Waals surface area contributed by atoms with E-state index in [1.807, 2.05) is 27.7 Å². The maximum absolute atomic E-state index is 13.0. The van der Waals surface area contributed by atoms with Crippen molar-refractivity contribution in [3.05, 3.63) is 35.1 Å². The zero-order valence-corrected chi connectivity index (χ0v) is 11.3. The number of aryl methyl sites for hydroxylation is 1. The van der Waals surface area contributed by atoms with Gasteiger partial charge in [-0.3, -0.25) is 0 Å². The first-order chi connectivity index (χ1) is 7.62. The van der Waals surface area contributed by atoms with E-state index in [0.29, 0.717) is 6.54 Å². The van der Waals surface area contributed by atoms with Crippen LogP contribution in [0, 0.1) is 12.7 Å². The van der Waals surface area contributed by atoms with Crippen molar-refractivity contribution in [1.29, 1.82) is 0 Å². The van der Waals surface area contributed by atoms with E-state index >= 15 is 0 Å². The molecule has 0 aromatic heterocycles. The summed E-state index contributed by atoms with van der Waals surface area (Å²) in [4.78, 5) is 0. The Morgan fingerprint density at radius 1 is 1.24 bits per heavy atom. The highest BCUT2D eigenvalue weighted by Crippen LogP contribution is 2.24. The molecule has 0 heterocycles. The van der Waals surface area contributed by atoms with Gasteiger partial charge in [0.15, 0.2) is 0 Å². The third-order valence-corrected chi connectivity index (χ3v) is 2.73. The lowest BCUT2D eigenvalue weighted by Crippen LogP contribution is -2.45. The van der Waals surface area contributed by atoms with Crippen LogP contribution in [-0.2, 0) is 5.60 Å². The van der Waals surface area contributed by atoms with Crippen molar-refractivity contribution in [1.82, 2.24) is 5.32 Å². The maximum atomic E-state index is 13.0. The van der Waals surface area contributed by atoms with Crippen molar-refractivity contribution in [2.45, 2.75) is 45.8 Å². The molecule has 0 amide bonds. The van der Waals surface area contributed by atoms with Gasteiger partial charge in [-0.25, -0.2) is 4.39 Å². The SMILES string of the molecule is Cc1cc(F)ccc1C(C)(O)CNC(C)(C)C. The summed E-state index contributed by atoms with van der Waals surface area (Å²) in [6, 6.07) is 4.48. The van der Waals surface area contributed by atoms with Gasteiger partial charge in [-0.1, -0.05) is 6.07 Å². The summed E-state index contributed by atoms with van der Waals surface area (Å²) >= 11 is 0. The summed E-state index contributed by atoms with van der Waals surface area (Å²) in [6.45, 7) is 10.1. The van der Waals surface area contributed by atoms with Crippen molar-refractivity contribution in [3.8, 4) is 0 Å². The van der Waals surface area contributed by atoms with Crippen LogP contribution < -0.4 is 5.32 Å². The highest BCUT2D eigenvalue weighted by atomic mass is 19.1. The molecule has 1 aromatic carbocycles. The molecule has 0 aliphatic heterocycles. The van der Waals surface area contributed by atoms with Gasteiger partial charge in [0.05, 0.1) is 5.60 Å². The molecule has 1 unspecified atom stereocenters. The minimum atomic E-state index is -0.995. The number of hydrogen-bond donors (Lipinski definition) is 2. The summed E-state index contributed by atoms with van der Waals surface area (Å²) in [5, 5.41) is 13.7. The standard InChI is InChI=1S/C14H22FNO/c1-10-8-11(15)6-7-12(10)14(5,17)9-16-13(2,3)4/h6-8,16-17H,9H2,1-5H3. The quantitative estimate of drug-likeness (QED) is 0.850. The lowest BCUT2D eigenvalue weighted by Gasteiger charge is -2.30. The maximum Gasteiger partial charge on any atom is 0.123 e. The molecule has 0 radical (unpaired) electrons. The van der Waals surface area contributed by atoms with Crippen LogP contribution in [0.5, 0.6) is 0 Å². The van der Waals surface area contributed by atoms with Crippen LogP contribution in [0.1, 0.15) is 38.8 Å². The second-order valence-electron chi connectivity index (χ2n) is 5.84. The lowest BCUT2D eigenvalue weighted by molar-refractivity contribution is 0.0495. The van der Waals surface area contributed by atoms with E-state index in [9.17, 15) is 9.50 Å². The van der Waals surface area contributed by atoms with Gasteiger partial charge in [0.1, 0.15) is 5.82 Å². The molecule has 1 rings (SSSR count). The van der Waals surface area contributed by atoms with Crippen LogP contribution >= 0.6 is 0 Å². The molecule has 96 valence electrons. The number of hydrogen-bond acceptors (Lipinski definition) is 2. The molecule has 3 heteroatoms. The molecule has 0 spiro atoms. The van der Waals surface area contributed by atoms with E-state index in [0.717, 1.165) is 11.1 Å². The van der Waals surface area contributed by atoms with Crippen molar-refractivity contribution in [2.24, 2.45) is 0 Å². The number of aliphatic hydroxyl groups is 1. The average molecular weight is 239 g/mol. The summed E-state index contributed by atoms with van der Waals surface area (Å²) in [5.41, 5.74) is 0.476. The van der Waals surface area contributed by atoms with Crippen LogP contribution in [0.2, 0.25) is 0 Å². The van der Waals surface area contributed by atoms with Crippen LogP contribution in [0.25, 0.3) is 0 Å². The zero-order valence-electron chi connectivity index (χ0n) is 11.3. The fourth-order valence-electron chi connectivity index (χ4n) is 1.76. The van der Waals surface area contributed by atoms with Crippen LogP contribution in [-0.4, -0.2) is 17.2 Å². The van der Waals surface area contributed by atoms with Gasteiger partial charge in [0.2, 0.25) is 0 Å². The molecule has 0 fully saturated rings. The van der Waals surface area contributed by atoms with E-state index in [2.05, 4.69) is 5.32 Å². The van der Waals surface area contributed by atoms with E-state index < -0.39 is 5.60 Å². The van der Waals surface area contributed by atoms with Crippen LogP contribution in [0.4, 0.5) is 4.39 Å². The summed E-state index contributed by atoms with van der Waals surface area (Å²) in [6.07, 6.45) is 0. The molecule has 0 saturated carbocycles. The molecule has 0 aliphatic carbocycles. The molecule has 0 bridgehead atoms. The fourth-order valence-corrected chi connectivity index (χ4v) is 1.76. The van der Waals surface area contributed by atoms with Gasteiger partial charge in [-0.05, 0) is 57.9 Å². The third-order valence-electron chi connectivity index (χ3n) is 2.73. The summed E-state index contributed by atoms with van der Waals surface area (Å²) in [5.74, 6) is -0.272. The van der Waals surface area contributed by atoms with E-state index in [1.54, 1.807) is 13.0 Å². The molecular formula is C14H22FNO. The Morgan fingerprint density at radius 2 is 1.82 bits per heavy atom. The molecule has 1 aromatic rings. The zero-order chi connectivity index (χ0) is 13.3. The van der Waals surface area contributed by atoms with E-state index in [4.69, 9.17) is 0 Å². The third kappa shape index (κ3) is 4.10. The normalized spacial score (nSPS) is 15.7. The van der Waals surface area contributed by atoms with Crippen molar-refractivity contribution in [2.75, 3.05) is 6.54 Å². The second-order valence-corrected chi connectivity index (χ2v) is 5.84. The van der Waals surface area contributed by atoms with Gasteiger partial charge in [-0.2, -0.15) is 0 Å². The first-order valence-corrected chi connectivity index (χ1v) is 5.86. The number of benzene rings is 1. The molecular weight excluding hydrogens is 217 g/mol. The van der Waals surface area contributed by atoms with Crippen molar-refractivity contribution in [3.63, 3.8) is 0 Å². The van der Waals surface area contributed by atoms with Crippen molar-refractivity contribution >= 4 is 0 Å². The molecule has 1 atom stereocenters. The minimum absolute atomic E-state index is 0.0576. The average Bonchev–Trinajstić information content (AvgIpc) is 2.13. The summed E-state index contributed by atoms with van der Waals surface area (Å²) < 4.78 is 13.0. The second kappa shape index (κ2) is 4.75. The highest BCUT2D eigenvalue weighted by molar-refractivity contribution is 5.31. The van der Waals surface area contributed by atoms with Gasteiger partial charge in [0.25, 0.3) is 0 Å². The highest BCUT2D eigenvalue weighted by Gasteiger charge is 2.26. The van der Waals surface area contributed by atoms with Crippen molar-refractivity contribution < 1.29 is 9.50 Å². The first kappa shape index (κ1) is 14.1. The number of halogens is 1. The Morgan fingerprint density at radius 3 is 2.29 bits per heavy atom. The first-order valence-electron chi connectivity index (χ1n) is 5.86. The Labute approximate surface area is 103 Å².